The van der Waals surface area contributed by atoms with Crippen LogP contribution in [0.15, 0.2) is 47.4 Å². The van der Waals surface area contributed by atoms with E-state index in [1.807, 2.05) is 37.3 Å². The van der Waals surface area contributed by atoms with Crippen LogP contribution in [0.5, 0.6) is 17.2 Å². The number of hydrogen-bond acceptors (Lipinski definition) is 7. The Morgan fingerprint density at radius 2 is 1.73 bits per heavy atom. The van der Waals surface area contributed by atoms with Crippen LogP contribution in [0.1, 0.15) is 18.1 Å². The molecule has 0 atom stereocenters. The molecule has 0 radical (unpaired) electrons. The molecule has 1 fully saturated rings. The highest BCUT2D eigenvalue weighted by Gasteiger charge is 2.34. The zero-order chi connectivity index (χ0) is 24.0. The normalized spacial score (nSPS) is 14.5. The zero-order valence-corrected chi connectivity index (χ0v) is 20.6. The van der Waals surface area contributed by atoms with Gasteiger partial charge in [-0.25, -0.2) is 0 Å². The molecule has 0 saturated carbocycles. The maximum atomic E-state index is 13.0. The third-order valence-electron chi connectivity index (χ3n) is 5.10. The number of ether oxygens (including phenoxy) is 3. The Bertz CT molecular complexity index is 1050. The number of carbonyl (C=O) groups is 2. The summed E-state index contributed by atoms with van der Waals surface area (Å²) >= 11 is 6.57. The number of thioether (sulfide) groups is 1. The van der Waals surface area contributed by atoms with E-state index in [0.29, 0.717) is 45.1 Å². The van der Waals surface area contributed by atoms with Crippen LogP contribution in [0.3, 0.4) is 0 Å². The lowest BCUT2D eigenvalue weighted by atomic mass is 10.1. The quantitative estimate of drug-likeness (QED) is 0.393. The molecule has 2 aromatic carbocycles. The van der Waals surface area contributed by atoms with E-state index in [0.717, 1.165) is 17.3 Å². The minimum absolute atomic E-state index is 0.0993. The van der Waals surface area contributed by atoms with Crippen molar-refractivity contribution in [3.8, 4) is 17.2 Å². The van der Waals surface area contributed by atoms with Crippen molar-refractivity contribution in [1.29, 1.82) is 0 Å². The van der Waals surface area contributed by atoms with E-state index in [9.17, 15) is 9.59 Å². The van der Waals surface area contributed by atoms with Crippen LogP contribution in [0, 0.1) is 0 Å². The maximum absolute atomic E-state index is 13.0. The Morgan fingerprint density at radius 1 is 1.09 bits per heavy atom. The number of likely N-dealkylation sites (N-methyl/N-ethyl adjacent to an activating group) is 1. The van der Waals surface area contributed by atoms with Gasteiger partial charge in [0, 0.05) is 13.1 Å². The summed E-state index contributed by atoms with van der Waals surface area (Å²) in [7, 11) is 4.59. The van der Waals surface area contributed by atoms with E-state index in [1.165, 1.54) is 26.2 Å². The second-order valence-electron chi connectivity index (χ2n) is 7.12. The second kappa shape index (κ2) is 11.2. The molecule has 0 bridgehead atoms. The number of benzene rings is 2. The van der Waals surface area contributed by atoms with Gasteiger partial charge in [-0.3, -0.25) is 14.5 Å². The number of carbonyl (C=O) groups excluding carboxylic acids is 2. The first kappa shape index (κ1) is 24.6. The van der Waals surface area contributed by atoms with Crippen molar-refractivity contribution in [2.45, 2.75) is 13.5 Å². The lowest BCUT2D eigenvalue weighted by Gasteiger charge is -2.23. The summed E-state index contributed by atoms with van der Waals surface area (Å²) in [4.78, 5) is 29.4. The fraction of sp³-hybridized carbons (Fsp3) is 0.292. The molecule has 3 rings (SSSR count). The van der Waals surface area contributed by atoms with Crippen LogP contribution in [-0.4, -0.2) is 60.4 Å². The van der Waals surface area contributed by atoms with Gasteiger partial charge in [-0.2, -0.15) is 0 Å². The fourth-order valence-corrected chi connectivity index (χ4v) is 4.64. The molecule has 174 valence electrons. The van der Waals surface area contributed by atoms with Gasteiger partial charge in [-0.15, -0.1) is 0 Å². The minimum atomic E-state index is -0.303. The first-order valence-electron chi connectivity index (χ1n) is 10.3. The van der Waals surface area contributed by atoms with Crippen LogP contribution in [0.25, 0.3) is 6.08 Å². The van der Waals surface area contributed by atoms with Gasteiger partial charge in [0.25, 0.3) is 5.91 Å². The predicted molar refractivity (Wildman–Crippen MR) is 134 cm³/mol. The minimum Gasteiger partial charge on any atom is -0.493 e. The van der Waals surface area contributed by atoms with Gasteiger partial charge in [0.1, 0.15) is 10.9 Å². The Balaban J connectivity index is 1.77. The lowest BCUT2D eigenvalue weighted by Crippen LogP contribution is -2.41. The fourth-order valence-electron chi connectivity index (χ4n) is 3.39. The molecule has 1 aliphatic rings. The van der Waals surface area contributed by atoms with Crippen molar-refractivity contribution in [1.82, 2.24) is 9.80 Å². The average molecular weight is 487 g/mol. The van der Waals surface area contributed by atoms with Crippen LogP contribution < -0.4 is 14.2 Å². The Kier molecular flexibility index (Phi) is 8.35. The summed E-state index contributed by atoms with van der Waals surface area (Å²) < 4.78 is 16.5. The summed E-state index contributed by atoms with van der Waals surface area (Å²) in [5.74, 6) is 0.962. The van der Waals surface area contributed by atoms with Crippen LogP contribution >= 0.6 is 24.0 Å². The number of thiocarbonyl (C=S) groups is 1. The van der Waals surface area contributed by atoms with Crippen molar-refractivity contribution in [2.24, 2.45) is 0 Å². The summed E-state index contributed by atoms with van der Waals surface area (Å²) in [6.07, 6.45) is 1.70. The Hall–Kier alpha value is -3.04. The van der Waals surface area contributed by atoms with Gasteiger partial charge in [0.05, 0.1) is 26.2 Å². The number of hydrogen-bond donors (Lipinski definition) is 0. The van der Waals surface area contributed by atoms with Gasteiger partial charge in [0.2, 0.25) is 11.7 Å². The van der Waals surface area contributed by atoms with Crippen LogP contribution in [0.2, 0.25) is 0 Å². The van der Waals surface area contributed by atoms with Crippen molar-refractivity contribution in [3.05, 3.63) is 58.5 Å². The van der Waals surface area contributed by atoms with E-state index in [-0.39, 0.29) is 18.4 Å². The van der Waals surface area contributed by atoms with Crippen LogP contribution in [-0.2, 0) is 16.1 Å². The SMILES string of the molecule is CCN(Cc1ccccc1)C(=O)CN1C(=O)C(=Cc2cc(OC)c(OC)c(OC)c2)SC1=S. The highest BCUT2D eigenvalue weighted by Crippen LogP contribution is 2.40. The topological polar surface area (TPSA) is 68.3 Å². The van der Waals surface area contributed by atoms with Gasteiger partial charge in [0.15, 0.2) is 11.5 Å². The molecule has 0 aliphatic carbocycles. The van der Waals surface area contributed by atoms with E-state index >= 15 is 0 Å². The number of nitrogens with zero attached hydrogens (tertiary/aromatic N) is 2. The van der Waals surface area contributed by atoms with Crippen molar-refractivity contribution < 1.29 is 23.8 Å². The third kappa shape index (κ3) is 5.66. The van der Waals surface area contributed by atoms with Crippen molar-refractivity contribution >= 4 is 46.2 Å². The number of amides is 2. The molecule has 33 heavy (non-hydrogen) atoms. The summed E-state index contributed by atoms with van der Waals surface area (Å²) in [6.45, 7) is 2.82. The first-order chi connectivity index (χ1) is 15.9. The smallest absolute Gasteiger partial charge is 0.266 e. The second-order valence-corrected chi connectivity index (χ2v) is 8.80. The molecule has 0 unspecified atom stereocenters. The highest BCUT2D eigenvalue weighted by molar-refractivity contribution is 8.26. The summed E-state index contributed by atoms with van der Waals surface area (Å²) in [6, 6.07) is 13.2. The molecular weight excluding hydrogens is 460 g/mol. The summed E-state index contributed by atoms with van der Waals surface area (Å²) in [5, 5.41) is 0. The Morgan fingerprint density at radius 3 is 2.27 bits per heavy atom. The maximum Gasteiger partial charge on any atom is 0.266 e. The Labute approximate surface area is 203 Å². The van der Waals surface area contributed by atoms with Crippen LogP contribution in [0.4, 0.5) is 0 Å². The molecule has 1 saturated heterocycles. The van der Waals surface area contributed by atoms with Crippen molar-refractivity contribution in [3.63, 3.8) is 0 Å². The van der Waals surface area contributed by atoms with Gasteiger partial charge in [-0.05, 0) is 36.3 Å². The number of methoxy groups -OCH3 is 3. The van der Waals surface area contributed by atoms with E-state index in [2.05, 4.69) is 0 Å². The van der Waals surface area contributed by atoms with E-state index < -0.39 is 0 Å². The number of rotatable bonds is 9. The summed E-state index contributed by atoms with van der Waals surface area (Å²) in [5.41, 5.74) is 1.72. The average Bonchev–Trinajstić information content (AvgIpc) is 3.09. The molecule has 1 heterocycles. The highest BCUT2D eigenvalue weighted by atomic mass is 32.2. The molecule has 0 N–H and O–H groups in total. The molecule has 1 aliphatic heterocycles. The van der Waals surface area contributed by atoms with E-state index in [1.54, 1.807) is 23.1 Å². The predicted octanol–water partition coefficient (Wildman–Crippen LogP) is 3.96. The third-order valence-corrected chi connectivity index (χ3v) is 6.48. The molecule has 0 aromatic heterocycles. The van der Waals surface area contributed by atoms with Gasteiger partial charge in [-0.1, -0.05) is 54.3 Å². The lowest BCUT2D eigenvalue weighted by molar-refractivity contribution is -0.135. The molecule has 2 amide bonds. The van der Waals surface area contributed by atoms with Gasteiger partial charge >= 0.3 is 0 Å². The first-order valence-corrected chi connectivity index (χ1v) is 11.5. The monoisotopic (exact) mass is 486 g/mol. The van der Waals surface area contributed by atoms with Gasteiger partial charge < -0.3 is 19.1 Å². The molecule has 9 heteroatoms. The largest absolute Gasteiger partial charge is 0.493 e. The standard InChI is InChI=1S/C24H26N2O5S2/c1-5-25(14-16-9-7-6-8-10-16)21(27)15-26-23(28)20(33-24(26)32)13-17-11-18(29-2)22(31-4)19(12-17)30-3/h6-13H,5,14-15H2,1-4H3. The zero-order valence-electron chi connectivity index (χ0n) is 19.0. The van der Waals surface area contributed by atoms with E-state index in [4.69, 9.17) is 26.4 Å². The molecule has 0 spiro atoms. The van der Waals surface area contributed by atoms with Crippen molar-refractivity contribution in [2.75, 3.05) is 34.4 Å². The molecule has 7 nitrogen and oxygen atoms in total. The molecular formula is C24H26N2O5S2. The molecule has 2 aromatic rings.